The number of methoxy groups -OCH3 is 1. The third-order valence-electron chi connectivity index (χ3n) is 3.06. The first kappa shape index (κ1) is 16.8. The minimum Gasteiger partial charge on any atom is -0.467 e. The van der Waals surface area contributed by atoms with Crippen molar-refractivity contribution >= 4 is 23.3 Å². The van der Waals surface area contributed by atoms with Gasteiger partial charge in [0, 0.05) is 17.9 Å². The highest BCUT2D eigenvalue weighted by atomic mass is 16.5. The lowest BCUT2D eigenvalue weighted by molar-refractivity contribution is -0.142. The Balaban J connectivity index is 3.12. The smallest absolute Gasteiger partial charge is 0.328 e. The number of benzene rings is 1. The zero-order valence-corrected chi connectivity index (χ0v) is 12.9. The average molecular weight is 293 g/mol. The first-order chi connectivity index (χ1) is 9.90. The molecular weight excluding hydrogens is 270 g/mol. The third kappa shape index (κ3) is 4.37. The second-order valence-electron chi connectivity index (χ2n) is 5.05. The molecule has 1 unspecified atom stereocenters. The standard InChI is InChI=1S/C15H23N3O3/c1-5-17-14(19)11-7-6-10(16)8-12(11)18-13(9(2)3)15(20)21-4/h6-9,13,18H,5,16H2,1-4H3,(H,17,19). The van der Waals surface area contributed by atoms with Gasteiger partial charge in [0.05, 0.1) is 12.7 Å². The van der Waals surface area contributed by atoms with Crippen molar-refractivity contribution in [2.45, 2.75) is 26.8 Å². The van der Waals surface area contributed by atoms with Gasteiger partial charge < -0.3 is 21.1 Å². The van der Waals surface area contributed by atoms with E-state index in [4.69, 9.17) is 10.5 Å². The monoisotopic (exact) mass is 293 g/mol. The Labute approximate surface area is 125 Å². The number of esters is 1. The molecule has 0 spiro atoms. The van der Waals surface area contributed by atoms with Crippen molar-refractivity contribution in [2.75, 3.05) is 24.7 Å². The number of carbonyl (C=O) groups is 2. The molecule has 0 saturated heterocycles. The van der Waals surface area contributed by atoms with Crippen LogP contribution in [0.1, 0.15) is 31.1 Å². The fourth-order valence-electron chi connectivity index (χ4n) is 1.93. The molecule has 21 heavy (non-hydrogen) atoms. The molecule has 0 heterocycles. The average Bonchev–Trinajstić information content (AvgIpc) is 2.43. The number of nitrogens with two attached hydrogens (primary N) is 1. The highest BCUT2D eigenvalue weighted by Crippen LogP contribution is 2.22. The van der Waals surface area contributed by atoms with Gasteiger partial charge in [-0.15, -0.1) is 0 Å². The zero-order chi connectivity index (χ0) is 16.0. The maximum Gasteiger partial charge on any atom is 0.328 e. The highest BCUT2D eigenvalue weighted by Gasteiger charge is 2.24. The lowest BCUT2D eigenvalue weighted by Gasteiger charge is -2.22. The van der Waals surface area contributed by atoms with Crippen molar-refractivity contribution in [2.24, 2.45) is 5.92 Å². The van der Waals surface area contributed by atoms with Gasteiger partial charge >= 0.3 is 5.97 Å². The van der Waals surface area contributed by atoms with E-state index in [0.29, 0.717) is 23.5 Å². The number of hydrogen-bond acceptors (Lipinski definition) is 5. The Morgan fingerprint density at radius 1 is 1.33 bits per heavy atom. The van der Waals surface area contributed by atoms with Crippen molar-refractivity contribution in [3.8, 4) is 0 Å². The maximum absolute atomic E-state index is 12.1. The molecule has 4 N–H and O–H groups in total. The van der Waals surface area contributed by atoms with Crippen LogP contribution in [0.3, 0.4) is 0 Å². The molecule has 6 heteroatoms. The molecule has 0 aliphatic heterocycles. The summed E-state index contributed by atoms with van der Waals surface area (Å²) in [5.41, 5.74) is 7.25. The van der Waals surface area contributed by atoms with Crippen LogP contribution in [0.5, 0.6) is 0 Å². The molecule has 0 aliphatic carbocycles. The van der Waals surface area contributed by atoms with Gasteiger partial charge in [-0.2, -0.15) is 0 Å². The molecule has 0 aliphatic rings. The molecular formula is C15H23N3O3. The third-order valence-corrected chi connectivity index (χ3v) is 3.06. The molecule has 0 saturated carbocycles. The predicted molar refractivity (Wildman–Crippen MR) is 83.1 cm³/mol. The van der Waals surface area contributed by atoms with Crippen molar-refractivity contribution < 1.29 is 14.3 Å². The minimum atomic E-state index is -0.551. The molecule has 0 fully saturated rings. The van der Waals surface area contributed by atoms with Crippen molar-refractivity contribution in [3.63, 3.8) is 0 Å². The van der Waals surface area contributed by atoms with Crippen LogP contribution in [0.2, 0.25) is 0 Å². The molecule has 1 amide bonds. The van der Waals surface area contributed by atoms with Crippen LogP contribution in [-0.4, -0.2) is 31.6 Å². The normalized spacial score (nSPS) is 11.9. The van der Waals surface area contributed by atoms with Gasteiger partial charge in [0.2, 0.25) is 0 Å². The molecule has 116 valence electrons. The molecule has 6 nitrogen and oxygen atoms in total. The largest absolute Gasteiger partial charge is 0.467 e. The van der Waals surface area contributed by atoms with Crippen LogP contribution in [0.4, 0.5) is 11.4 Å². The molecule has 0 bridgehead atoms. The number of nitrogen functional groups attached to an aromatic ring is 1. The summed E-state index contributed by atoms with van der Waals surface area (Å²) in [6.45, 7) is 6.15. The van der Waals surface area contributed by atoms with E-state index in [1.54, 1.807) is 18.2 Å². The van der Waals surface area contributed by atoms with Crippen LogP contribution in [0.25, 0.3) is 0 Å². The van der Waals surface area contributed by atoms with Crippen LogP contribution < -0.4 is 16.4 Å². The molecule has 1 aromatic carbocycles. The quantitative estimate of drug-likeness (QED) is 0.547. The number of carbonyl (C=O) groups excluding carboxylic acids is 2. The Morgan fingerprint density at radius 3 is 2.52 bits per heavy atom. The summed E-state index contributed by atoms with van der Waals surface area (Å²) >= 11 is 0. The van der Waals surface area contributed by atoms with Crippen molar-refractivity contribution in [1.82, 2.24) is 5.32 Å². The van der Waals surface area contributed by atoms with E-state index in [1.807, 2.05) is 20.8 Å². The number of nitrogens with one attached hydrogen (secondary N) is 2. The Kier molecular flexibility index (Phi) is 6.02. The van der Waals surface area contributed by atoms with E-state index < -0.39 is 6.04 Å². The summed E-state index contributed by atoms with van der Waals surface area (Å²) in [7, 11) is 1.34. The lowest BCUT2D eigenvalue weighted by atomic mass is 10.0. The SMILES string of the molecule is CCNC(=O)c1ccc(N)cc1NC(C(=O)OC)C(C)C. The molecule has 1 atom stereocenters. The van der Waals surface area contributed by atoms with Gasteiger partial charge in [0.15, 0.2) is 0 Å². The second-order valence-corrected chi connectivity index (χ2v) is 5.05. The number of amides is 1. The van der Waals surface area contributed by atoms with Crippen LogP contribution in [-0.2, 0) is 9.53 Å². The number of rotatable bonds is 6. The first-order valence-corrected chi connectivity index (χ1v) is 6.92. The van der Waals surface area contributed by atoms with E-state index in [2.05, 4.69) is 10.6 Å². The van der Waals surface area contributed by atoms with E-state index in [-0.39, 0.29) is 17.8 Å². The molecule has 0 aromatic heterocycles. The lowest BCUT2D eigenvalue weighted by Crippen LogP contribution is -2.36. The van der Waals surface area contributed by atoms with Gasteiger partial charge in [-0.3, -0.25) is 4.79 Å². The van der Waals surface area contributed by atoms with Crippen molar-refractivity contribution in [1.29, 1.82) is 0 Å². The fraction of sp³-hybridized carbons (Fsp3) is 0.467. The predicted octanol–water partition coefficient (Wildman–Crippen LogP) is 1.63. The summed E-state index contributed by atoms with van der Waals surface area (Å²) in [5, 5.41) is 5.79. The van der Waals surface area contributed by atoms with Crippen LogP contribution in [0.15, 0.2) is 18.2 Å². The number of anilines is 2. The van der Waals surface area contributed by atoms with Gasteiger partial charge in [0.1, 0.15) is 6.04 Å². The highest BCUT2D eigenvalue weighted by molar-refractivity contribution is 6.00. The summed E-state index contributed by atoms with van der Waals surface area (Å²) in [6, 6.07) is 4.38. The van der Waals surface area contributed by atoms with E-state index in [0.717, 1.165) is 0 Å². The maximum atomic E-state index is 12.1. The van der Waals surface area contributed by atoms with E-state index >= 15 is 0 Å². The van der Waals surface area contributed by atoms with Gasteiger partial charge in [-0.05, 0) is 31.0 Å². The topological polar surface area (TPSA) is 93.5 Å². The van der Waals surface area contributed by atoms with E-state index in [1.165, 1.54) is 7.11 Å². The van der Waals surface area contributed by atoms with Gasteiger partial charge in [-0.25, -0.2) is 4.79 Å². The number of ether oxygens (including phenoxy) is 1. The minimum absolute atomic E-state index is 0.000895. The molecule has 0 radical (unpaired) electrons. The molecule has 1 aromatic rings. The zero-order valence-electron chi connectivity index (χ0n) is 12.9. The fourth-order valence-corrected chi connectivity index (χ4v) is 1.93. The summed E-state index contributed by atoms with van der Waals surface area (Å²) in [5.74, 6) is -0.595. The van der Waals surface area contributed by atoms with Gasteiger partial charge in [-0.1, -0.05) is 13.8 Å². The van der Waals surface area contributed by atoms with Crippen LogP contribution >= 0.6 is 0 Å². The van der Waals surface area contributed by atoms with E-state index in [9.17, 15) is 9.59 Å². The summed E-state index contributed by atoms with van der Waals surface area (Å²) < 4.78 is 4.79. The summed E-state index contributed by atoms with van der Waals surface area (Å²) in [4.78, 5) is 23.9. The molecule has 1 rings (SSSR count). The van der Waals surface area contributed by atoms with Crippen molar-refractivity contribution in [3.05, 3.63) is 23.8 Å². The second kappa shape index (κ2) is 7.52. The Morgan fingerprint density at radius 2 is 2.00 bits per heavy atom. The van der Waals surface area contributed by atoms with Gasteiger partial charge in [0.25, 0.3) is 5.91 Å². The van der Waals surface area contributed by atoms with Crippen LogP contribution in [0, 0.1) is 5.92 Å². The Hall–Kier alpha value is -2.24. The summed E-state index contributed by atoms with van der Waals surface area (Å²) in [6.07, 6.45) is 0. The first-order valence-electron chi connectivity index (χ1n) is 6.92. The Bertz CT molecular complexity index is 515. The number of hydrogen-bond donors (Lipinski definition) is 3.